The first-order chi connectivity index (χ1) is 9.90. The van der Waals surface area contributed by atoms with Crippen LogP contribution in [-0.4, -0.2) is 31.6 Å². The maximum atomic E-state index is 12.2. The van der Waals surface area contributed by atoms with Crippen LogP contribution in [0.1, 0.15) is 12.0 Å². The van der Waals surface area contributed by atoms with Crippen LogP contribution in [0, 0.1) is 5.92 Å². The van der Waals surface area contributed by atoms with E-state index in [1.54, 1.807) is 0 Å². The summed E-state index contributed by atoms with van der Waals surface area (Å²) in [6, 6.07) is 10.7. The van der Waals surface area contributed by atoms with Crippen molar-refractivity contribution in [2.75, 3.05) is 5.88 Å². The minimum absolute atomic E-state index is 0.0240. The van der Waals surface area contributed by atoms with Gasteiger partial charge in [-0.3, -0.25) is 4.79 Å². The van der Waals surface area contributed by atoms with Crippen molar-refractivity contribution in [3.8, 4) is 0 Å². The summed E-state index contributed by atoms with van der Waals surface area (Å²) < 4.78 is 0. The minimum atomic E-state index is -1.26. The van der Waals surface area contributed by atoms with E-state index in [2.05, 4.69) is 24.8 Å². The molecule has 0 radical (unpaired) electrons. The van der Waals surface area contributed by atoms with Gasteiger partial charge in [0, 0.05) is 20.1 Å². The Morgan fingerprint density at radius 3 is 2.57 bits per heavy atom. The molecule has 0 aliphatic carbocycles. The van der Waals surface area contributed by atoms with E-state index < -0.39 is 8.07 Å². The van der Waals surface area contributed by atoms with Crippen molar-refractivity contribution in [2.45, 2.75) is 38.2 Å². The number of carbonyl (C=O) groups excluding carboxylic acids is 1. The van der Waals surface area contributed by atoms with Gasteiger partial charge in [-0.25, -0.2) is 0 Å². The average Bonchev–Trinajstić information content (AvgIpc) is 2.45. The fourth-order valence-corrected chi connectivity index (χ4v) is 4.45. The number of oxime groups is 1. The van der Waals surface area contributed by atoms with Crippen LogP contribution in [0.3, 0.4) is 0 Å². The zero-order valence-electron chi connectivity index (χ0n) is 12.8. The Morgan fingerprint density at radius 2 is 2.00 bits per heavy atom. The lowest BCUT2D eigenvalue weighted by atomic mass is 9.88. The molecule has 1 aliphatic rings. The van der Waals surface area contributed by atoms with Crippen LogP contribution >= 0.6 is 11.6 Å². The molecule has 114 valence electrons. The Bertz CT molecular complexity index is 525. The van der Waals surface area contributed by atoms with Gasteiger partial charge in [-0.1, -0.05) is 55.1 Å². The van der Waals surface area contributed by atoms with E-state index in [-0.39, 0.29) is 23.7 Å². The standard InChI is InChI=1S/C16H22ClNO2Si/c1-21(2,3)11-13-9-14(15(19)10-17)16(18-20-13)12-7-5-4-6-8-12/h4-8,13-14H,9-11H2,1-3H3/t13-,14-/m1/s1. The van der Waals surface area contributed by atoms with E-state index in [0.717, 1.165) is 11.6 Å². The third-order valence-electron chi connectivity index (χ3n) is 3.56. The lowest BCUT2D eigenvalue weighted by Crippen LogP contribution is -2.38. The van der Waals surface area contributed by atoms with Gasteiger partial charge in [0.1, 0.15) is 6.10 Å². The Labute approximate surface area is 132 Å². The molecular formula is C16H22ClNO2Si. The van der Waals surface area contributed by atoms with E-state index in [4.69, 9.17) is 16.4 Å². The third kappa shape index (κ3) is 4.42. The second-order valence-corrected chi connectivity index (χ2v) is 12.5. The molecule has 0 bridgehead atoms. The molecule has 0 unspecified atom stereocenters. The number of alkyl halides is 1. The molecule has 1 aromatic carbocycles. The number of halogens is 1. The summed E-state index contributed by atoms with van der Waals surface area (Å²) in [7, 11) is -1.26. The molecule has 2 atom stereocenters. The highest BCUT2D eigenvalue weighted by atomic mass is 35.5. The molecule has 1 heterocycles. The second-order valence-electron chi connectivity index (χ2n) is 6.72. The minimum Gasteiger partial charge on any atom is -0.393 e. The van der Waals surface area contributed by atoms with Crippen LogP contribution in [-0.2, 0) is 9.63 Å². The van der Waals surface area contributed by atoms with Gasteiger partial charge in [-0.15, -0.1) is 11.6 Å². The van der Waals surface area contributed by atoms with Crippen LogP contribution in [0.5, 0.6) is 0 Å². The first-order valence-electron chi connectivity index (χ1n) is 7.28. The van der Waals surface area contributed by atoms with Gasteiger partial charge in [-0.05, 0) is 6.04 Å². The van der Waals surface area contributed by atoms with Gasteiger partial charge in [0.05, 0.1) is 17.5 Å². The van der Waals surface area contributed by atoms with E-state index in [1.165, 1.54) is 0 Å². The van der Waals surface area contributed by atoms with Crippen molar-refractivity contribution < 1.29 is 9.63 Å². The lowest BCUT2D eigenvalue weighted by molar-refractivity contribution is -0.120. The summed E-state index contributed by atoms with van der Waals surface area (Å²) in [6.07, 6.45) is 0.713. The highest BCUT2D eigenvalue weighted by molar-refractivity contribution is 6.76. The Hall–Kier alpha value is -1.13. The largest absolute Gasteiger partial charge is 0.393 e. The van der Waals surface area contributed by atoms with Crippen LogP contribution in [0.15, 0.2) is 35.5 Å². The maximum Gasteiger partial charge on any atom is 0.156 e. The van der Waals surface area contributed by atoms with Gasteiger partial charge in [0.15, 0.2) is 5.78 Å². The highest BCUT2D eigenvalue weighted by Gasteiger charge is 2.35. The van der Waals surface area contributed by atoms with Gasteiger partial charge in [-0.2, -0.15) is 0 Å². The molecule has 0 saturated heterocycles. The third-order valence-corrected chi connectivity index (χ3v) is 5.50. The topological polar surface area (TPSA) is 38.7 Å². The van der Waals surface area contributed by atoms with Gasteiger partial charge in [0.2, 0.25) is 0 Å². The van der Waals surface area contributed by atoms with Gasteiger partial charge >= 0.3 is 0 Å². The number of benzene rings is 1. The number of hydrogen-bond acceptors (Lipinski definition) is 3. The maximum absolute atomic E-state index is 12.2. The monoisotopic (exact) mass is 323 g/mol. The molecule has 3 nitrogen and oxygen atoms in total. The average molecular weight is 324 g/mol. The van der Waals surface area contributed by atoms with Crippen LogP contribution in [0.25, 0.3) is 0 Å². The van der Waals surface area contributed by atoms with Crippen molar-refractivity contribution in [1.82, 2.24) is 0 Å². The zero-order chi connectivity index (χ0) is 15.5. The molecule has 1 aromatic rings. The molecule has 0 saturated carbocycles. The fourth-order valence-electron chi connectivity index (χ4n) is 2.66. The molecule has 0 spiro atoms. The predicted molar refractivity (Wildman–Crippen MR) is 89.8 cm³/mol. The fraction of sp³-hybridized carbons (Fsp3) is 0.500. The molecule has 0 fully saturated rings. The number of rotatable bonds is 5. The molecule has 0 aromatic heterocycles. The molecule has 5 heteroatoms. The zero-order valence-corrected chi connectivity index (χ0v) is 14.6. The molecule has 1 aliphatic heterocycles. The van der Waals surface area contributed by atoms with Crippen molar-refractivity contribution in [2.24, 2.45) is 11.1 Å². The summed E-state index contributed by atoms with van der Waals surface area (Å²) in [5.41, 5.74) is 1.65. The summed E-state index contributed by atoms with van der Waals surface area (Å²) in [5.74, 6) is -0.195. The summed E-state index contributed by atoms with van der Waals surface area (Å²) >= 11 is 5.78. The molecule has 21 heavy (non-hydrogen) atoms. The smallest absolute Gasteiger partial charge is 0.156 e. The van der Waals surface area contributed by atoms with E-state index in [9.17, 15) is 4.79 Å². The normalized spacial score (nSPS) is 22.4. The number of nitrogens with zero attached hydrogens (tertiary/aromatic N) is 1. The number of Topliss-reactive ketones (excluding diaryl/α,β-unsaturated/α-hetero) is 1. The second kappa shape index (κ2) is 6.75. The highest BCUT2D eigenvalue weighted by Crippen LogP contribution is 2.28. The first kappa shape index (κ1) is 16.2. The van der Waals surface area contributed by atoms with Crippen molar-refractivity contribution in [3.05, 3.63) is 35.9 Å². The van der Waals surface area contributed by atoms with E-state index in [1.807, 2.05) is 30.3 Å². The summed E-state index contributed by atoms with van der Waals surface area (Å²) in [4.78, 5) is 17.9. The SMILES string of the molecule is C[Si](C)(C)C[C@H]1C[C@H](C(=O)CCl)C(c2ccccc2)=NO1. The lowest BCUT2D eigenvalue weighted by Gasteiger charge is -2.30. The van der Waals surface area contributed by atoms with Gasteiger partial charge < -0.3 is 4.84 Å². The van der Waals surface area contributed by atoms with Crippen LogP contribution in [0.4, 0.5) is 0 Å². The van der Waals surface area contributed by atoms with Crippen LogP contribution < -0.4 is 0 Å². The predicted octanol–water partition coefficient (Wildman–Crippen LogP) is 3.94. The van der Waals surface area contributed by atoms with E-state index >= 15 is 0 Å². The van der Waals surface area contributed by atoms with E-state index in [0.29, 0.717) is 12.1 Å². The number of hydrogen-bond donors (Lipinski definition) is 0. The Balaban J connectivity index is 2.25. The first-order valence-corrected chi connectivity index (χ1v) is 11.5. The van der Waals surface area contributed by atoms with Crippen LogP contribution in [0.2, 0.25) is 25.7 Å². The Morgan fingerprint density at radius 1 is 1.33 bits per heavy atom. The number of carbonyl (C=O) groups is 1. The number of ketones is 1. The van der Waals surface area contributed by atoms with Crippen molar-refractivity contribution in [3.63, 3.8) is 0 Å². The summed E-state index contributed by atoms with van der Waals surface area (Å²) in [5, 5.41) is 4.28. The van der Waals surface area contributed by atoms with Gasteiger partial charge in [0.25, 0.3) is 0 Å². The summed E-state index contributed by atoms with van der Waals surface area (Å²) in [6.45, 7) is 6.89. The molecule has 0 N–H and O–H groups in total. The van der Waals surface area contributed by atoms with Crippen molar-refractivity contribution >= 4 is 31.2 Å². The molecule has 0 amide bonds. The molecular weight excluding hydrogens is 302 g/mol. The quantitative estimate of drug-likeness (QED) is 0.608. The molecule has 2 rings (SSSR count). The van der Waals surface area contributed by atoms with Crippen molar-refractivity contribution in [1.29, 1.82) is 0 Å². The Kier molecular flexibility index (Phi) is 5.22.